The van der Waals surface area contributed by atoms with Crippen molar-refractivity contribution in [3.8, 4) is 5.75 Å². The Kier molecular flexibility index (Phi) is 5.95. The first kappa shape index (κ1) is 20.9. The standard InChI is InChI=1S/C19H17Cl2N3O5/c1-10(2)18-19(26)23(15-6-4-12(24(27)28)8-16(15)29-18)9-17(25)22-14-7-11(20)3-5-13(14)21/h3-8,10,18H,9H2,1-2H3,(H,22,25). The Labute approximate surface area is 176 Å². The van der Waals surface area contributed by atoms with E-state index in [1.807, 2.05) is 0 Å². The van der Waals surface area contributed by atoms with Crippen LogP contribution in [0.25, 0.3) is 0 Å². The second-order valence-electron chi connectivity index (χ2n) is 6.79. The zero-order chi connectivity index (χ0) is 21.3. The highest BCUT2D eigenvalue weighted by molar-refractivity contribution is 6.35. The van der Waals surface area contributed by atoms with Crippen LogP contribution in [0.1, 0.15) is 13.8 Å². The maximum atomic E-state index is 12.9. The number of hydrogen-bond acceptors (Lipinski definition) is 5. The maximum Gasteiger partial charge on any atom is 0.273 e. The van der Waals surface area contributed by atoms with Crippen molar-refractivity contribution in [2.45, 2.75) is 20.0 Å². The zero-order valence-electron chi connectivity index (χ0n) is 15.5. The number of nitro groups is 1. The molecule has 1 aliphatic heterocycles. The van der Waals surface area contributed by atoms with Crippen molar-refractivity contribution in [3.63, 3.8) is 0 Å². The summed E-state index contributed by atoms with van der Waals surface area (Å²) in [6.07, 6.45) is -0.868. The molecule has 0 spiro atoms. The Morgan fingerprint density at radius 2 is 2.00 bits per heavy atom. The van der Waals surface area contributed by atoms with E-state index in [0.29, 0.717) is 15.7 Å². The quantitative estimate of drug-likeness (QED) is 0.554. The first-order valence-electron chi connectivity index (χ1n) is 8.68. The molecule has 2 amide bonds. The fraction of sp³-hybridized carbons (Fsp3) is 0.263. The molecule has 1 unspecified atom stereocenters. The SMILES string of the molecule is CC(C)C1Oc2cc([N+](=O)[O-])ccc2N(CC(=O)Nc2cc(Cl)ccc2Cl)C1=O. The summed E-state index contributed by atoms with van der Waals surface area (Å²) in [5, 5.41) is 14.4. The first-order chi connectivity index (χ1) is 13.7. The number of nitrogens with one attached hydrogen (secondary N) is 1. The third-order valence-corrected chi connectivity index (χ3v) is 4.88. The van der Waals surface area contributed by atoms with Crippen molar-refractivity contribution in [2.75, 3.05) is 16.8 Å². The van der Waals surface area contributed by atoms with Gasteiger partial charge in [0.1, 0.15) is 6.54 Å². The summed E-state index contributed by atoms with van der Waals surface area (Å²) in [6.45, 7) is 3.25. The van der Waals surface area contributed by atoms with Crippen molar-refractivity contribution in [1.82, 2.24) is 0 Å². The van der Waals surface area contributed by atoms with Crippen LogP contribution < -0.4 is 15.0 Å². The topological polar surface area (TPSA) is 102 Å². The van der Waals surface area contributed by atoms with Gasteiger partial charge in [-0.3, -0.25) is 24.6 Å². The van der Waals surface area contributed by atoms with Gasteiger partial charge < -0.3 is 10.1 Å². The van der Waals surface area contributed by atoms with Crippen molar-refractivity contribution in [3.05, 3.63) is 56.6 Å². The summed E-state index contributed by atoms with van der Waals surface area (Å²) < 4.78 is 5.70. The monoisotopic (exact) mass is 437 g/mol. The molecule has 2 aromatic rings. The third kappa shape index (κ3) is 4.44. The van der Waals surface area contributed by atoms with Gasteiger partial charge in [0, 0.05) is 11.1 Å². The van der Waals surface area contributed by atoms with Crippen molar-refractivity contribution in [1.29, 1.82) is 0 Å². The molecule has 0 radical (unpaired) electrons. The number of halogens is 2. The van der Waals surface area contributed by atoms with Crippen molar-refractivity contribution < 1.29 is 19.2 Å². The van der Waals surface area contributed by atoms with Gasteiger partial charge in [-0.1, -0.05) is 37.0 Å². The Morgan fingerprint density at radius 1 is 1.28 bits per heavy atom. The van der Waals surface area contributed by atoms with Crippen molar-refractivity contribution in [2.24, 2.45) is 5.92 Å². The molecule has 0 aliphatic carbocycles. The van der Waals surface area contributed by atoms with Crippen LogP contribution in [0.4, 0.5) is 17.1 Å². The normalized spacial score (nSPS) is 15.7. The van der Waals surface area contributed by atoms with Gasteiger partial charge in [0.05, 0.1) is 27.4 Å². The number of amides is 2. The number of rotatable bonds is 5. The molecule has 152 valence electrons. The molecule has 1 aliphatic rings. The smallest absolute Gasteiger partial charge is 0.273 e. The van der Waals surface area contributed by atoms with Gasteiger partial charge in [-0.25, -0.2) is 0 Å². The lowest BCUT2D eigenvalue weighted by molar-refractivity contribution is -0.384. The summed E-state index contributed by atoms with van der Waals surface area (Å²) in [7, 11) is 0. The number of fused-ring (bicyclic) bond motifs is 1. The van der Waals surface area contributed by atoms with E-state index in [2.05, 4.69) is 5.32 Å². The highest BCUT2D eigenvalue weighted by atomic mass is 35.5. The van der Waals surface area contributed by atoms with E-state index in [4.69, 9.17) is 27.9 Å². The number of benzene rings is 2. The van der Waals surface area contributed by atoms with Gasteiger partial charge in [-0.15, -0.1) is 0 Å². The molecule has 29 heavy (non-hydrogen) atoms. The molecule has 0 aromatic heterocycles. The van der Waals surface area contributed by atoms with Gasteiger partial charge in [-0.05, 0) is 30.2 Å². The Balaban J connectivity index is 1.90. The first-order valence-corrected chi connectivity index (χ1v) is 9.44. The average Bonchev–Trinajstić information content (AvgIpc) is 2.66. The van der Waals surface area contributed by atoms with E-state index in [9.17, 15) is 19.7 Å². The molecule has 10 heteroatoms. The number of hydrogen-bond donors (Lipinski definition) is 1. The van der Waals surface area contributed by atoms with Crippen LogP contribution in [0.15, 0.2) is 36.4 Å². The van der Waals surface area contributed by atoms with Crippen LogP contribution in [0.2, 0.25) is 10.0 Å². The lowest BCUT2D eigenvalue weighted by Crippen LogP contribution is -2.50. The lowest BCUT2D eigenvalue weighted by atomic mass is 10.0. The third-order valence-electron chi connectivity index (χ3n) is 4.32. The molecule has 0 bridgehead atoms. The largest absolute Gasteiger partial charge is 0.478 e. The minimum atomic E-state index is -0.868. The van der Waals surface area contributed by atoms with Crippen molar-refractivity contribution >= 4 is 52.1 Å². The van der Waals surface area contributed by atoms with Crippen LogP contribution in [-0.4, -0.2) is 29.4 Å². The Hall–Kier alpha value is -2.84. The van der Waals surface area contributed by atoms with E-state index in [0.717, 1.165) is 0 Å². The highest BCUT2D eigenvalue weighted by Gasteiger charge is 2.38. The number of anilines is 2. The van der Waals surface area contributed by atoms with E-state index < -0.39 is 22.8 Å². The second-order valence-corrected chi connectivity index (χ2v) is 7.63. The molecular weight excluding hydrogens is 421 g/mol. The van der Waals surface area contributed by atoms with Gasteiger partial charge in [-0.2, -0.15) is 0 Å². The molecule has 2 aromatic carbocycles. The summed E-state index contributed by atoms with van der Waals surface area (Å²) >= 11 is 12.0. The van der Waals surface area contributed by atoms with Gasteiger partial charge in [0.25, 0.3) is 11.6 Å². The molecule has 8 nitrogen and oxygen atoms in total. The molecule has 1 atom stereocenters. The van der Waals surface area contributed by atoms with Gasteiger partial charge in [0.2, 0.25) is 5.91 Å². The Morgan fingerprint density at radius 3 is 2.66 bits per heavy atom. The molecule has 0 saturated heterocycles. The average molecular weight is 438 g/mol. The summed E-state index contributed by atoms with van der Waals surface area (Å²) in [5.41, 5.74) is 0.426. The second kappa shape index (κ2) is 8.26. The van der Waals surface area contributed by atoms with Crippen LogP contribution in [-0.2, 0) is 9.59 Å². The number of nitro benzene ring substituents is 1. The predicted molar refractivity (Wildman–Crippen MR) is 110 cm³/mol. The highest BCUT2D eigenvalue weighted by Crippen LogP contribution is 2.38. The number of ether oxygens (including phenoxy) is 1. The number of non-ortho nitro benzene ring substituents is 1. The molecule has 1 N–H and O–H groups in total. The van der Waals surface area contributed by atoms with Crippen LogP contribution >= 0.6 is 23.2 Å². The van der Waals surface area contributed by atoms with Crippen LogP contribution in [0.5, 0.6) is 5.75 Å². The Bertz CT molecular complexity index is 996. The van der Waals surface area contributed by atoms with Gasteiger partial charge in [0.15, 0.2) is 11.9 Å². The maximum absolute atomic E-state index is 12.9. The van der Waals surface area contributed by atoms with Crippen LogP contribution in [0, 0.1) is 16.0 Å². The molecule has 0 saturated carbocycles. The lowest BCUT2D eigenvalue weighted by Gasteiger charge is -2.35. The van der Waals surface area contributed by atoms with Crippen LogP contribution in [0.3, 0.4) is 0 Å². The zero-order valence-corrected chi connectivity index (χ0v) is 17.0. The molecule has 3 rings (SSSR count). The van der Waals surface area contributed by atoms with Gasteiger partial charge >= 0.3 is 0 Å². The number of carbonyl (C=O) groups is 2. The minimum absolute atomic E-state index is 0.171. The van der Waals surface area contributed by atoms with E-state index >= 15 is 0 Å². The summed E-state index contributed by atoms with van der Waals surface area (Å²) in [4.78, 5) is 37.3. The fourth-order valence-corrected chi connectivity index (χ4v) is 3.24. The minimum Gasteiger partial charge on any atom is -0.478 e. The summed E-state index contributed by atoms with van der Waals surface area (Å²) in [5.74, 6) is -0.946. The predicted octanol–water partition coefficient (Wildman–Crippen LogP) is 4.29. The number of nitrogens with zero attached hydrogens (tertiary/aromatic N) is 2. The van der Waals surface area contributed by atoms with E-state index in [1.165, 1.54) is 29.2 Å². The molecule has 0 fully saturated rings. The van der Waals surface area contributed by atoms with E-state index in [1.54, 1.807) is 26.0 Å². The molecular formula is C19H17Cl2N3O5. The molecule has 1 heterocycles. The summed E-state index contributed by atoms with van der Waals surface area (Å²) in [6, 6.07) is 8.52. The van der Waals surface area contributed by atoms with E-state index in [-0.39, 0.29) is 29.6 Å². The number of carbonyl (C=O) groups excluding carboxylic acids is 2. The fourth-order valence-electron chi connectivity index (χ4n) is 2.90.